The van der Waals surface area contributed by atoms with E-state index in [1.165, 1.54) is 11.5 Å². The van der Waals surface area contributed by atoms with Crippen molar-refractivity contribution in [1.29, 1.82) is 0 Å². The molecule has 0 aliphatic rings. The Morgan fingerprint density at radius 1 is 0.559 bits per heavy atom. The van der Waals surface area contributed by atoms with Gasteiger partial charge in [-0.25, -0.2) is 9.97 Å². The van der Waals surface area contributed by atoms with Crippen LogP contribution in [-0.2, 0) is 37.3 Å². The zero-order valence-electron chi connectivity index (χ0n) is 42.1. The second kappa shape index (κ2) is 26.4. The van der Waals surface area contributed by atoms with Gasteiger partial charge in [0.25, 0.3) is 5.91 Å². The summed E-state index contributed by atoms with van der Waals surface area (Å²) in [5.74, 6) is 3.02. The maximum absolute atomic E-state index is 11.8. The third-order valence-electron chi connectivity index (χ3n) is 6.31. The molecule has 3 aromatic rings. The number of anilines is 2. The average Bonchev–Trinajstić information content (AvgIpc) is 2.93. The summed E-state index contributed by atoms with van der Waals surface area (Å²) in [6, 6.07) is 7.83. The summed E-state index contributed by atoms with van der Waals surface area (Å²) < 4.78 is 0. The molecule has 0 radical (unpaired) electrons. The SMILES string of the molecule is C.CC(C)(C)C.CC(C)(C)NC(=O)c1ccc(C(C)(C)C)cn1.CC(C)(C)Nc1cc(C(C)(C)C)cnn1.CC(C)(C)Nc1cc(C(C)(C)C)ncn1.C[C-](C)C.[CH3-].[W+2]. The van der Waals surface area contributed by atoms with Crippen LogP contribution in [-0.4, -0.2) is 47.7 Å². The van der Waals surface area contributed by atoms with E-state index in [0.29, 0.717) is 11.1 Å². The number of nitrogens with zero attached hydrogens (tertiary/aromatic N) is 5. The molecule has 0 fully saturated rings. The molecule has 9 nitrogen and oxygen atoms in total. The van der Waals surface area contributed by atoms with Gasteiger partial charge in [-0.15, -0.1) is 5.10 Å². The summed E-state index contributed by atoms with van der Waals surface area (Å²) in [7, 11) is 0. The molecule has 3 N–H and O–H groups in total. The van der Waals surface area contributed by atoms with Crippen LogP contribution < -0.4 is 16.0 Å². The van der Waals surface area contributed by atoms with E-state index in [2.05, 4.69) is 199 Å². The Labute approximate surface area is 380 Å². The van der Waals surface area contributed by atoms with Crippen LogP contribution in [0.4, 0.5) is 11.6 Å². The minimum atomic E-state index is -0.235. The number of amides is 1. The zero-order valence-corrected chi connectivity index (χ0v) is 45.0. The summed E-state index contributed by atoms with van der Waals surface area (Å²) in [4.78, 5) is 24.6. The van der Waals surface area contributed by atoms with Crippen molar-refractivity contribution >= 4 is 17.5 Å². The molecule has 0 aromatic carbocycles. The van der Waals surface area contributed by atoms with E-state index in [-0.39, 0.29) is 74.7 Å². The van der Waals surface area contributed by atoms with E-state index in [0.717, 1.165) is 22.9 Å². The second-order valence-corrected chi connectivity index (χ2v) is 22.8. The normalized spacial score (nSPS) is 11.6. The minimum Gasteiger partial charge on any atom is -0.365 e. The Kier molecular flexibility index (Phi) is 29.2. The van der Waals surface area contributed by atoms with E-state index >= 15 is 0 Å². The first-order valence-electron chi connectivity index (χ1n) is 20.0. The largest absolute Gasteiger partial charge is 2.00 e. The number of carbonyl (C=O) groups is 1. The molecule has 1 amide bonds. The van der Waals surface area contributed by atoms with Crippen molar-refractivity contribution in [3.8, 4) is 0 Å². The van der Waals surface area contributed by atoms with Crippen molar-refractivity contribution in [3.63, 3.8) is 0 Å². The molecular weight excluding hydrogens is 900 g/mol. The van der Waals surface area contributed by atoms with E-state index in [1.54, 1.807) is 18.6 Å². The standard InChI is InChI=1S/C14H22N2O.2C12H21N3.C5H12.C4H9.CH4.CH3.W/c1-13(2,3)10-7-8-11(15-9-10)12(17)16-14(4,5)6;1-11(2,3)9-7-10(14-8-13-9)15-12(4,5)6;1-11(2,3)9-7-10(15-13-8-9)14-12(4,5)6;1-5(2,3)4;1-4(2)3;;;/h7-9H,1-6H3,(H,16,17);7-8H,1-6H3,(H,13,14,15);7-8H,1-6H3,(H,14,15);1-4H3;1-3H3;1H4;1H3;/q;;;;-1;;-1;+2. The van der Waals surface area contributed by atoms with Gasteiger partial charge in [0.15, 0.2) is 0 Å². The fourth-order valence-corrected chi connectivity index (χ4v) is 3.82. The van der Waals surface area contributed by atoms with Crippen molar-refractivity contribution in [2.75, 3.05) is 10.6 Å². The van der Waals surface area contributed by atoms with Gasteiger partial charge in [-0.1, -0.05) is 104 Å². The monoisotopic (exact) mass is 993 g/mol. The maximum Gasteiger partial charge on any atom is 2.00 e. The molecule has 0 atom stereocenters. The first-order valence-corrected chi connectivity index (χ1v) is 20.0. The van der Waals surface area contributed by atoms with Crippen LogP contribution in [0.5, 0.6) is 0 Å². The van der Waals surface area contributed by atoms with E-state index in [4.69, 9.17) is 0 Å². The summed E-state index contributed by atoms with van der Waals surface area (Å²) in [6.45, 7) is 52.9. The van der Waals surface area contributed by atoms with Crippen LogP contribution in [0.25, 0.3) is 0 Å². The van der Waals surface area contributed by atoms with Gasteiger partial charge >= 0.3 is 21.1 Å². The average molecular weight is 993 g/mol. The second-order valence-electron chi connectivity index (χ2n) is 22.8. The molecule has 0 spiro atoms. The van der Waals surface area contributed by atoms with Crippen molar-refractivity contribution in [2.45, 2.75) is 213 Å². The predicted molar refractivity (Wildman–Crippen MR) is 257 cm³/mol. The summed E-state index contributed by atoms with van der Waals surface area (Å²) in [6.07, 6.45) is 5.22. The fraction of sp³-hybridized carbons (Fsp3) is 0.673. The molecular formula is C49H92N8OW. The van der Waals surface area contributed by atoms with Crippen molar-refractivity contribution in [3.05, 3.63) is 78.8 Å². The van der Waals surface area contributed by atoms with Gasteiger partial charge in [-0.2, -0.15) is 25.9 Å². The smallest absolute Gasteiger partial charge is 0.365 e. The Balaban J connectivity index is -0.000000219. The molecule has 3 rings (SSSR count). The van der Waals surface area contributed by atoms with E-state index < -0.39 is 0 Å². The van der Waals surface area contributed by atoms with Crippen LogP contribution in [0.2, 0.25) is 0 Å². The predicted octanol–water partition coefficient (Wildman–Crippen LogP) is 13.6. The quantitative estimate of drug-likeness (QED) is 0.222. The number of rotatable bonds is 3. The Morgan fingerprint density at radius 2 is 0.983 bits per heavy atom. The van der Waals surface area contributed by atoms with Gasteiger partial charge in [0.1, 0.15) is 23.7 Å². The van der Waals surface area contributed by atoms with Crippen LogP contribution in [0.15, 0.2) is 43.0 Å². The summed E-state index contributed by atoms with van der Waals surface area (Å²) in [5.41, 5.74) is 4.41. The third kappa shape index (κ3) is 37.8. The van der Waals surface area contributed by atoms with Gasteiger partial charge in [-0.05, 0) is 102 Å². The maximum atomic E-state index is 11.8. The number of aromatic nitrogens is 5. The van der Waals surface area contributed by atoms with Crippen molar-refractivity contribution in [1.82, 2.24) is 30.5 Å². The number of hydrogen-bond donors (Lipinski definition) is 3. The van der Waals surface area contributed by atoms with E-state index in [1.807, 2.05) is 39.1 Å². The summed E-state index contributed by atoms with van der Waals surface area (Å²) >= 11 is 0. The molecule has 0 bridgehead atoms. The molecule has 3 heterocycles. The van der Waals surface area contributed by atoms with Gasteiger partial charge < -0.3 is 29.3 Å². The van der Waals surface area contributed by atoms with Gasteiger partial charge in [0.2, 0.25) is 0 Å². The Morgan fingerprint density at radius 3 is 1.32 bits per heavy atom. The van der Waals surface area contributed by atoms with Gasteiger partial charge in [0.05, 0.1) is 11.9 Å². The number of pyridine rings is 1. The molecule has 59 heavy (non-hydrogen) atoms. The topological polar surface area (TPSA) is 118 Å². The molecule has 0 aliphatic heterocycles. The fourth-order valence-electron chi connectivity index (χ4n) is 3.82. The van der Waals surface area contributed by atoms with Crippen LogP contribution in [0.1, 0.15) is 208 Å². The first kappa shape index (κ1) is 65.2. The Hall–Kier alpha value is -2.93. The van der Waals surface area contributed by atoms with Crippen LogP contribution in [0, 0.1) is 18.8 Å². The van der Waals surface area contributed by atoms with E-state index in [9.17, 15) is 4.79 Å². The molecule has 0 aliphatic carbocycles. The van der Waals surface area contributed by atoms with Crippen molar-refractivity contribution in [2.24, 2.45) is 5.41 Å². The van der Waals surface area contributed by atoms with Crippen LogP contribution >= 0.6 is 0 Å². The molecule has 10 heteroatoms. The number of hydrogen-bond acceptors (Lipinski definition) is 8. The molecule has 340 valence electrons. The number of nitrogens with one attached hydrogen (secondary N) is 3. The number of carbonyl (C=O) groups excluding carboxylic acids is 1. The first-order chi connectivity index (χ1) is 24.7. The summed E-state index contributed by atoms with van der Waals surface area (Å²) in [5, 5.41) is 17.7. The molecule has 0 saturated carbocycles. The Bertz CT molecular complexity index is 1480. The minimum absolute atomic E-state index is 0. The molecule has 0 unspecified atom stereocenters. The van der Waals surface area contributed by atoms with Gasteiger partial charge in [0, 0.05) is 34.3 Å². The van der Waals surface area contributed by atoms with Crippen molar-refractivity contribution < 1.29 is 25.9 Å². The zero-order chi connectivity index (χ0) is 44.7. The van der Waals surface area contributed by atoms with Gasteiger partial charge in [-0.3, -0.25) is 9.78 Å². The third-order valence-corrected chi connectivity index (χ3v) is 6.31. The molecule has 0 saturated heterocycles. The molecule has 3 aromatic heterocycles. The van der Waals surface area contributed by atoms with Crippen LogP contribution in [0.3, 0.4) is 0 Å².